The third-order valence-electron chi connectivity index (χ3n) is 3.78. The van der Waals surface area contributed by atoms with Crippen LogP contribution in [0.2, 0.25) is 0 Å². The third-order valence-corrected chi connectivity index (χ3v) is 4.09. The van der Waals surface area contributed by atoms with Crippen molar-refractivity contribution in [2.45, 2.75) is 45.9 Å². The first-order valence-corrected chi connectivity index (χ1v) is 7.96. The van der Waals surface area contributed by atoms with Gasteiger partial charge >= 0.3 is 0 Å². The van der Waals surface area contributed by atoms with Crippen molar-refractivity contribution < 1.29 is 0 Å². The molecule has 0 amide bonds. The molecule has 1 aromatic rings. The first kappa shape index (κ1) is 14.6. The second-order valence-electron chi connectivity index (χ2n) is 6.06. The lowest BCUT2D eigenvalue weighted by atomic mass is 9.92. The minimum absolute atomic E-state index is 0.575. The lowest BCUT2D eigenvalue weighted by Crippen LogP contribution is -2.39. The second-order valence-corrected chi connectivity index (χ2v) is 6.33. The first-order chi connectivity index (χ1) is 9.12. The lowest BCUT2D eigenvalue weighted by molar-refractivity contribution is 0.355. The highest BCUT2D eigenvalue weighted by Crippen LogP contribution is 2.26. The van der Waals surface area contributed by atoms with Gasteiger partial charge in [0.15, 0.2) is 0 Å². The summed E-state index contributed by atoms with van der Waals surface area (Å²) in [7, 11) is 0. The average molecular weight is 281 g/mol. The molecule has 2 atom stereocenters. The van der Waals surface area contributed by atoms with E-state index in [9.17, 15) is 0 Å². The van der Waals surface area contributed by atoms with Gasteiger partial charge in [0, 0.05) is 24.7 Å². The van der Waals surface area contributed by atoms with E-state index in [1.165, 1.54) is 17.7 Å². The topological polar surface area (TPSA) is 16.1 Å². The number of halogens is 1. The van der Waals surface area contributed by atoms with Crippen LogP contribution in [-0.4, -0.2) is 18.1 Å². The normalized spacial score (nSPS) is 23.7. The molecule has 0 spiro atoms. The average Bonchev–Trinajstić information content (AvgIpc) is 2.37. The molecule has 1 saturated heterocycles. The number of hydrogen-bond donors (Lipinski definition) is 0. The predicted octanol–water partition coefficient (Wildman–Crippen LogP) is 4.26. The van der Waals surface area contributed by atoms with Crippen LogP contribution < -0.4 is 4.90 Å². The maximum Gasteiger partial charge on any atom is 0.129 e. The van der Waals surface area contributed by atoms with Crippen LogP contribution in [0, 0.1) is 11.8 Å². The Balaban J connectivity index is 2.24. The van der Waals surface area contributed by atoms with Gasteiger partial charge in [-0.1, -0.05) is 27.2 Å². The van der Waals surface area contributed by atoms with Crippen LogP contribution in [0.5, 0.6) is 0 Å². The molecule has 2 heterocycles. The summed E-state index contributed by atoms with van der Waals surface area (Å²) in [5, 5.41) is 0. The number of anilines is 1. The van der Waals surface area contributed by atoms with Crippen LogP contribution in [-0.2, 0) is 12.3 Å². The maximum absolute atomic E-state index is 6.02. The van der Waals surface area contributed by atoms with E-state index in [-0.39, 0.29) is 0 Å². The van der Waals surface area contributed by atoms with Gasteiger partial charge in [-0.2, -0.15) is 0 Å². The molecule has 2 unspecified atom stereocenters. The quantitative estimate of drug-likeness (QED) is 0.766. The molecule has 0 radical (unpaired) electrons. The van der Waals surface area contributed by atoms with Crippen LogP contribution in [0.1, 0.15) is 44.9 Å². The Hall–Kier alpha value is -0.760. The molecule has 19 heavy (non-hydrogen) atoms. The fourth-order valence-corrected chi connectivity index (χ4v) is 3.26. The van der Waals surface area contributed by atoms with E-state index in [2.05, 4.69) is 37.8 Å². The Kier molecular flexibility index (Phi) is 5.09. The van der Waals surface area contributed by atoms with E-state index in [1.807, 2.05) is 0 Å². The largest absolute Gasteiger partial charge is 0.356 e. The minimum Gasteiger partial charge on any atom is -0.356 e. The van der Waals surface area contributed by atoms with Crippen LogP contribution >= 0.6 is 11.6 Å². The molecule has 0 N–H and O–H groups in total. The van der Waals surface area contributed by atoms with Gasteiger partial charge in [0.25, 0.3) is 0 Å². The fraction of sp³-hybridized carbons (Fsp3) is 0.688. The van der Waals surface area contributed by atoms with E-state index in [0.717, 1.165) is 43.6 Å². The van der Waals surface area contributed by atoms with Crippen LogP contribution in [0.4, 0.5) is 5.82 Å². The fourth-order valence-electron chi connectivity index (χ4n) is 3.11. The minimum atomic E-state index is 0.575. The van der Waals surface area contributed by atoms with Crippen molar-refractivity contribution >= 4 is 17.4 Å². The highest BCUT2D eigenvalue weighted by Gasteiger charge is 2.23. The van der Waals surface area contributed by atoms with Crippen molar-refractivity contribution in [3.63, 3.8) is 0 Å². The number of hydrogen-bond acceptors (Lipinski definition) is 2. The smallest absolute Gasteiger partial charge is 0.129 e. The number of aromatic nitrogens is 1. The Morgan fingerprint density at radius 3 is 2.53 bits per heavy atom. The summed E-state index contributed by atoms with van der Waals surface area (Å²) in [5.41, 5.74) is 2.38. The van der Waals surface area contributed by atoms with Crippen molar-refractivity contribution in [2.75, 3.05) is 18.0 Å². The van der Waals surface area contributed by atoms with Gasteiger partial charge in [-0.15, -0.1) is 11.6 Å². The zero-order chi connectivity index (χ0) is 13.8. The van der Waals surface area contributed by atoms with Crippen molar-refractivity contribution in [1.82, 2.24) is 4.98 Å². The maximum atomic E-state index is 6.02. The zero-order valence-electron chi connectivity index (χ0n) is 12.3. The number of aryl methyl sites for hydroxylation is 1. The number of pyridine rings is 1. The highest BCUT2D eigenvalue weighted by atomic mass is 35.5. The second kappa shape index (κ2) is 6.60. The van der Waals surface area contributed by atoms with E-state index in [0.29, 0.717) is 5.88 Å². The number of alkyl halides is 1. The molecule has 2 rings (SSSR count). The number of piperidine rings is 1. The summed E-state index contributed by atoms with van der Waals surface area (Å²) in [6.07, 6.45) is 3.50. The van der Waals surface area contributed by atoms with Gasteiger partial charge in [-0.25, -0.2) is 4.98 Å². The Labute approximate surface area is 122 Å². The SMILES string of the molecule is CCCc1cc(CCl)cc(N2CC(C)CC(C)C2)n1. The Morgan fingerprint density at radius 2 is 1.95 bits per heavy atom. The Morgan fingerprint density at radius 1 is 1.26 bits per heavy atom. The van der Waals surface area contributed by atoms with Gasteiger partial charge in [0.1, 0.15) is 5.82 Å². The monoisotopic (exact) mass is 280 g/mol. The van der Waals surface area contributed by atoms with Crippen LogP contribution in [0.15, 0.2) is 12.1 Å². The summed E-state index contributed by atoms with van der Waals surface area (Å²) in [5.74, 6) is 3.20. The summed E-state index contributed by atoms with van der Waals surface area (Å²) in [6, 6.07) is 4.31. The van der Waals surface area contributed by atoms with Gasteiger partial charge in [-0.05, 0) is 42.4 Å². The van der Waals surface area contributed by atoms with E-state index in [1.54, 1.807) is 0 Å². The van der Waals surface area contributed by atoms with Gasteiger partial charge in [0.05, 0.1) is 0 Å². The molecular formula is C16H25ClN2. The van der Waals surface area contributed by atoms with E-state index < -0.39 is 0 Å². The molecule has 1 aliphatic rings. The van der Waals surface area contributed by atoms with Crippen molar-refractivity contribution in [3.8, 4) is 0 Å². The summed E-state index contributed by atoms with van der Waals surface area (Å²) in [6.45, 7) is 9.10. The summed E-state index contributed by atoms with van der Waals surface area (Å²) in [4.78, 5) is 7.27. The molecular weight excluding hydrogens is 256 g/mol. The zero-order valence-corrected chi connectivity index (χ0v) is 13.1. The van der Waals surface area contributed by atoms with Crippen molar-refractivity contribution in [2.24, 2.45) is 11.8 Å². The van der Waals surface area contributed by atoms with Crippen molar-refractivity contribution in [3.05, 3.63) is 23.4 Å². The molecule has 3 heteroatoms. The molecule has 106 valence electrons. The number of rotatable bonds is 4. The molecule has 1 aromatic heterocycles. The Bertz CT molecular complexity index is 409. The molecule has 2 nitrogen and oxygen atoms in total. The molecule has 0 saturated carbocycles. The molecule has 1 aliphatic heterocycles. The highest BCUT2D eigenvalue weighted by molar-refractivity contribution is 6.17. The van der Waals surface area contributed by atoms with Gasteiger partial charge < -0.3 is 4.90 Å². The van der Waals surface area contributed by atoms with E-state index >= 15 is 0 Å². The van der Waals surface area contributed by atoms with Crippen LogP contribution in [0.25, 0.3) is 0 Å². The molecule has 0 bridgehead atoms. The third kappa shape index (κ3) is 3.85. The van der Waals surface area contributed by atoms with Gasteiger partial charge in [-0.3, -0.25) is 0 Å². The first-order valence-electron chi connectivity index (χ1n) is 7.43. The molecule has 0 aromatic carbocycles. The van der Waals surface area contributed by atoms with Crippen LogP contribution in [0.3, 0.4) is 0 Å². The van der Waals surface area contributed by atoms with E-state index in [4.69, 9.17) is 16.6 Å². The lowest BCUT2D eigenvalue weighted by Gasteiger charge is -2.36. The molecule has 1 fully saturated rings. The summed E-state index contributed by atoms with van der Waals surface area (Å²) >= 11 is 6.02. The summed E-state index contributed by atoms with van der Waals surface area (Å²) < 4.78 is 0. The standard InChI is InChI=1S/C16H25ClN2/c1-4-5-15-7-14(9-17)8-16(18-15)19-10-12(2)6-13(3)11-19/h7-8,12-13H,4-6,9-11H2,1-3H3. The van der Waals surface area contributed by atoms with Gasteiger partial charge in [0.2, 0.25) is 0 Å². The number of nitrogens with zero attached hydrogens (tertiary/aromatic N) is 2. The predicted molar refractivity (Wildman–Crippen MR) is 82.9 cm³/mol. The van der Waals surface area contributed by atoms with Crippen molar-refractivity contribution in [1.29, 1.82) is 0 Å². The molecule has 0 aliphatic carbocycles.